The summed E-state index contributed by atoms with van der Waals surface area (Å²) in [6.45, 7) is 1.09. The maximum atomic E-state index is 12.6. The van der Waals surface area contributed by atoms with E-state index in [2.05, 4.69) is 0 Å². The zero-order valence-electron chi connectivity index (χ0n) is 8.11. The second kappa shape index (κ2) is 4.41. The van der Waals surface area contributed by atoms with Gasteiger partial charge in [0.05, 0.1) is 5.92 Å². The first-order valence-electron chi connectivity index (χ1n) is 4.39. The van der Waals surface area contributed by atoms with Crippen molar-refractivity contribution in [2.45, 2.75) is 19.0 Å². The second-order valence-electron chi connectivity index (χ2n) is 3.28. The van der Waals surface area contributed by atoms with Gasteiger partial charge in [0.25, 0.3) is 0 Å². The van der Waals surface area contributed by atoms with E-state index < -0.39 is 18.6 Å². The summed E-state index contributed by atoms with van der Waals surface area (Å²) in [4.78, 5) is 0. The fourth-order valence-corrected chi connectivity index (χ4v) is 1.62. The molecule has 0 aromatic heterocycles. The van der Waals surface area contributed by atoms with Crippen LogP contribution in [-0.4, -0.2) is 12.7 Å². The topological polar surface area (TPSA) is 26.0 Å². The second-order valence-corrected chi connectivity index (χ2v) is 3.69. The van der Waals surface area contributed by atoms with Gasteiger partial charge >= 0.3 is 6.18 Å². The zero-order valence-corrected chi connectivity index (χ0v) is 8.86. The Kier molecular flexibility index (Phi) is 3.62. The molecule has 1 nitrogen and oxygen atoms in total. The molecule has 0 saturated carbocycles. The van der Waals surface area contributed by atoms with Gasteiger partial charge in [-0.15, -0.1) is 0 Å². The summed E-state index contributed by atoms with van der Waals surface area (Å²) in [5.41, 5.74) is 5.73. The van der Waals surface area contributed by atoms with Gasteiger partial charge in [-0.1, -0.05) is 23.7 Å². The first kappa shape index (κ1) is 12.3. The largest absolute Gasteiger partial charge is 0.396 e. The van der Waals surface area contributed by atoms with Crippen molar-refractivity contribution in [3.05, 3.63) is 34.3 Å². The lowest BCUT2D eigenvalue weighted by Crippen LogP contribution is -2.28. The molecule has 15 heavy (non-hydrogen) atoms. The minimum Gasteiger partial charge on any atom is -0.330 e. The Labute approximate surface area is 91.0 Å². The summed E-state index contributed by atoms with van der Waals surface area (Å²) in [7, 11) is 0. The molecule has 1 aromatic carbocycles. The number of hydrogen-bond donors (Lipinski definition) is 1. The predicted molar refractivity (Wildman–Crippen MR) is 54.0 cm³/mol. The van der Waals surface area contributed by atoms with E-state index in [1.54, 1.807) is 13.0 Å². The highest BCUT2D eigenvalue weighted by molar-refractivity contribution is 6.31. The molecular weight excluding hydrogens is 227 g/mol. The van der Waals surface area contributed by atoms with Crippen LogP contribution in [0, 0.1) is 6.92 Å². The van der Waals surface area contributed by atoms with Crippen molar-refractivity contribution in [2.24, 2.45) is 5.73 Å². The predicted octanol–water partition coefficient (Wildman–Crippen LogP) is 3.25. The van der Waals surface area contributed by atoms with Gasteiger partial charge in [0.15, 0.2) is 0 Å². The highest BCUT2D eigenvalue weighted by Gasteiger charge is 2.40. The molecule has 84 valence electrons. The van der Waals surface area contributed by atoms with Crippen LogP contribution in [0.25, 0.3) is 0 Å². The molecule has 0 bridgehead atoms. The molecule has 0 amide bonds. The lowest BCUT2D eigenvalue weighted by molar-refractivity contribution is -0.148. The van der Waals surface area contributed by atoms with Gasteiger partial charge in [-0.05, 0) is 24.1 Å². The molecule has 1 atom stereocenters. The first-order chi connectivity index (χ1) is 6.88. The van der Waals surface area contributed by atoms with Gasteiger partial charge in [-0.2, -0.15) is 13.2 Å². The molecule has 0 heterocycles. The SMILES string of the molecule is Cc1c(Cl)cccc1C(CN)C(F)(F)F. The molecule has 1 rings (SSSR count). The number of rotatable bonds is 2. The van der Waals surface area contributed by atoms with Crippen molar-refractivity contribution in [1.82, 2.24) is 0 Å². The molecule has 0 fully saturated rings. The van der Waals surface area contributed by atoms with Crippen molar-refractivity contribution in [3.63, 3.8) is 0 Å². The lowest BCUT2D eigenvalue weighted by atomic mass is 9.94. The summed E-state index contributed by atoms with van der Waals surface area (Å²) in [5, 5.41) is 0.329. The molecule has 0 saturated heterocycles. The highest BCUT2D eigenvalue weighted by atomic mass is 35.5. The van der Waals surface area contributed by atoms with E-state index in [9.17, 15) is 13.2 Å². The van der Waals surface area contributed by atoms with Gasteiger partial charge < -0.3 is 5.73 Å². The quantitative estimate of drug-likeness (QED) is 0.840. The van der Waals surface area contributed by atoms with E-state index in [1.165, 1.54) is 12.1 Å². The van der Waals surface area contributed by atoms with Crippen molar-refractivity contribution >= 4 is 11.6 Å². The van der Waals surface area contributed by atoms with Crippen LogP contribution >= 0.6 is 11.6 Å². The van der Waals surface area contributed by atoms with Crippen LogP contribution in [-0.2, 0) is 0 Å². The molecule has 0 aliphatic carbocycles. The Morgan fingerprint density at radius 2 is 2.00 bits per heavy atom. The number of benzene rings is 1. The summed E-state index contributed by atoms with van der Waals surface area (Å²) in [6, 6.07) is 4.47. The smallest absolute Gasteiger partial charge is 0.330 e. The van der Waals surface area contributed by atoms with Crippen molar-refractivity contribution in [2.75, 3.05) is 6.54 Å². The minimum absolute atomic E-state index is 0.150. The number of nitrogens with two attached hydrogens (primary N) is 1. The molecule has 2 N–H and O–H groups in total. The summed E-state index contributed by atoms with van der Waals surface area (Å²) >= 11 is 5.76. The van der Waals surface area contributed by atoms with Crippen LogP contribution < -0.4 is 5.73 Å². The van der Waals surface area contributed by atoms with E-state index in [0.717, 1.165) is 0 Å². The number of hydrogen-bond acceptors (Lipinski definition) is 1. The minimum atomic E-state index is -4.33. The fraction of sp³-hybridized carbons (Fsp3) is 0.400. The van der Waals surface area contributed by atoms with E-state index in [1.807, 2.05) is 0 Å². The molecule has 0 aliphatic rings. The monoisotopic (exact) mass is 237 g/mol. The van der Waals surface area contributed by atoms with E-state index in [4.69, 9.17) is 17.3 Å². The number of alkyl halides is 3. The summed E-state index contributed by atoms with van der Waals surface area (Å²) in [5.74, 6) is -1.64. The Hall–Kier alpha value is -0.740. The van der Waals surface area contributed by atoms with Crippen LogP contribution in [0.4, 0.5) is 13.2 Å². The average Bonchev–Trinajstić information content (AvgIpc) is 2.11. The third-order valence-electron chi connectivity index (χ3n) is 2.32. The molecule has 1 unspecified atom stereocenters. The Bertz CT molecular complexity index is 349. The lowest BCUT2D eigenvalue weighted by Gasteiger charge is -2.21. The Balaban J connectivity index is 3.19. The Morgan fingerprint density at radius 1 is 1.40 bits per heavy atom. The van der Waals surface area contributed by atoms with Crippen molar-refractivity contribution in [3.8, 4) is 0 Å². The van der Waals surface area contributed by atoms with Gasteiger partial charge in [-0.25, -0.2) is 0 Å². The van der Waals surface area contributed by atoms with Crippen molar-refractivity contribution in [1.29, 1.82) is 0 Å². The molecule has 5 heteroatoms. The fourth-order valence-electron chi connectivity index (χ4n) is 1.44. The molecule has 1 aromatic rings. The maximum absolute atomic E-state index is 12.6. The Morgan fingerprint density at radius 3 is 2.47 bits per heavy atom. The van der Waals surface area contributed by atoms with Gasteiger partial charge in [0.2, 0.25) is 0 Å². The van der Waals surface area contributed by atoms with Gasteiger partial charge in [0.1, 0.15) is 0 Å². The van der Waals surface area contributed by atoms with Crippen LogP contribution in [0.3, 0.4) is 0 Å². The molecular formula is C10H11ClF3N. The molecule has 0 radical (unpaired) electrons. The van der Waals surface area contributed by atoms with Crippen LogP contribution in [0.15, 0.2) is 18.2 Å². The zero-order chi connectivity index (χ0) is 11.6. The highest BCUT2D eigenvalue weighted by Crippen LogP contribution is 2.36. The van der Waals surface area contributed by atoms with Gasteiger partial charge in [0, 0.05) is 11.6 Å². The van der Waals surface area contributed by atoms with Crippen LogP contribution in [0.2, 0.25) is 5.02 Å². The first-order valence-corrected chi connectivity index (χ1v) is 4.77. The summed E-state index contributed by atoms with van der Waals surface area (Å²) < 4.78 is 37.8. The molecule has 0 aliphatic heterocycles. The molecule has 0 spiro atoms. The third-order valence-corrected chi connectivity index (χ3v) is 2.73. The maximum Gasteiger partial charge on any atom is 0.396 e. The van der Waals surface area contributed by atoms with Crippen molar-refractivity contribution < 1.29 is 13.2 Å². The van der Waals surface area contributed by atoms with Gasteiger partial charge in [-0.3, -0.25) is 0 Å². The third kappa shape index (κ3) is 2.63. The van der Waals surface area contributed by atoms with E-state index in [0.29, 0.717) is 10.6 Å². The standard InChI is InChI=1S/C10H11ClF3N/c1-6-7(3-2-4-9(6)11)8(5-15)10(12,13)14/h2-4,8H,5,15H2,1H3. The normalized spacial score (nSPS) is 14.0. The summed E-state index contributed by atoms with van der Waals surface area (Å²) in [6.07, 6.45) is -4.33. The van der Waals surface area contributed by atoms with Crippen LogP contribution in [0.5, 0.6) is 0 Å². The average molecular weight is 238 g/mol. The number of halogens is 4. The van der Waals surface area contributed by atoms with Crippen LogP contribution in [0.1, 0.15) is 17.0 Å². The van der Waals surface area contributed by atoms with E-state index >= 15 is 0 Å². The van der Waals surface area contributed by atoms with E-state index in [-0.39, 0.29) is 5.56 Å².